The molecule has 2 aromatic carbocycles. The molecule has 1 fully saturated rings. The summed E-state index contributed by atoms with van der Waals surface area (Å²) in [5, 5.41) is 11.8. The van der Waals surface area contributed by atoms with Crippen LogP contribution in [0.5, 0.6) is 0 Å². The molecule has 1 N–H and O–H groups in total. The predicted molar refractivity (Wildman–Crippen MR) is 104 cm³/mol. The quantitative estimate of drug-likeness (QED) is 0.726. The number of rotatable bonds is 3. The third-order valence-corrected chi connectivity index (χ3v) is 5.13. The molecule has 1 heterocycles. The first-order chi connectivity index (χ1) is 13.2. The number of nitrogens with one attached hydrogen (secondary N) is 1. The lowest BCUT2D eigenvalue weighted by molar-refractivity contribution is 0.0933. The van der Waals surface area contributed by atoms with E-state index in [2.05, 4.69) is 15.6 Å². The second-order valence-corrected chi connectivity index (χ2v) is 7.03. The van der Waals surface area contributed by atoms with Crippen molar-refractivity contribution in [1.29, 1.82) is 0 Å². The number of nitrogens with zero attached hydrogens (tertiary/aromatic N) is 3. The van der Waals surface area contributed by atoms with Crippen molar-refractivity contribution in [3.8, 4) is 5.69 Å². The molecule has 6 heteroatoms. The number of hydrogen-bond acceptors (Lipinski definition) is 4. The van der Waals surface area contributed by atoms with Gasteiger partial charge in [0.15, 0.2) is 0 Å². The summed E-state index contributed by atoms with van der Waals surface area (Å²) < 4.78 is 1.26. The van der Waals surface area contributed by atoms with Gasteiger partial charge in [-0.3, -0.25) is 9.59 Å². The molecule has 1 aliphatic rings. The lowest BCUT2D eigenvalue weighted by atomic mass is 10.1. The molecule has 0 bridgehead atoms. The number of benzene rings is 2. The van der Waals surface area contributed by atoms with Gasteiger partial charge in [0.2, 0.25) is 0 Å². The van der Waals surface area contributed by atoms with Crippen LogP contribution in [0.25, 0.3) is 16.6 Å². The van der Waals surface area contributed by atoms with E-state index in [1.165, 1.54) is 30.4 Å². The maximum Gasteiger partial charge on any atom is 0.282 e. The van der Waals surface area contributed by atoms with Crippen molar-refractivity contribution in [1.82, 2.24) is 20.3 Å². The Kier molecular flexibility index (Phi) is 4.96. The van der Waals surface area contributed by atoms with Crippen LogP contribution >= 0.6 is 0 Å². The molecule has 0 radical (unpaired) electrons. The molecular weight excluding hydrogens is 340 g/mol. The van der Waals surface area contributed by atoms with Crippen LogP contribution in [0.3, 0.4) is 0 Å². The molecule has 0 spiro atoms. The molecule has 27 heavy (non-hydrogen) atoms. The van der Waals surface area contributed by atoms with Crippen LogP contribution in [0.15, 0.2) is 53.3 Å². The lowest BCUT2D eigenvalue weighted by Gasteiger charge is -2.16. The highest BCUT2D eigenvalue weighted by atomic mass is 16.1. The average Bonchev–Trinajstić information content (AvgIpc) is 2.97. The molecule has 0 unspecified atom stereocenters. The van der Waals surface area contributed by atoms with Crippen molar-refractivity contribution in [3.05, 3.63) is 64.4 Å². The Morgan fingerprint density at radius 1 is 0.963 bits per heavy atom. The topological polar surface area (TPSA) is 76.9 Å². The van der Waals surface area contributed by atoms with Gasteiger partial charge in [-0.2, -0.15) is 4.68 Å². The summed E-state index contributed by atoms with van der Waals surface area (Å²) in [6.45, 7) is 0. The number of fused-ring (bicyclic) bond motifs is 1. The predicted octanol–water partition coefficient (Wildman–Crippen LogP) is 3.23. The minimum atomic E-state index is -0.226. The summed E-state index contributed by atoms with van der Waals surface area (Å²) >= 11 is 0. The van der Waals surface area contributed by atoms with Crippen molar-refractivity contribution in [2.24, 2.45) is 0 Å². The van der Waals surface area contributed by atoms with E-state index < -0.39 is 0 Å². The number of carbonyl (C=O) groups excluding carboxylic acids is 1. The lowest BCUT2D eigenvalue weighted by Crippen LogP contribution is -2.34. The standard InChI is InChI=1S/C21H22N4O2/c26-20(22-16-7-3-1-2-4-8-16)15-11-13-17(14-12-15)25-21(27)18-9-5-6-10-19(18)23-24-25/h5-6,9-14,16H,1-4,7-8H2,(H,22,26). The highest BCUT2D eigenvalue weighted by molar-refractivity contribution is 5.94. The zero-order valence-corrected chi connectivity index (χ0v) is 15.1. The molecule has 138 valence electrons. The van der Waals surface area contributed by atoms with Crippen LogP contribution in [-0.4, -0.2) is 26.9 Å². The Balaban J connectivity index is 1.54. The van der Waals surface area contributed by atoms with Crippen LogP contribution in [-0.2, 0) is 0 Å². The van der Waals surface area contributed by atoms with E-state index in [0.717, 1.165) is 12.8 Å². The first kappa shape index (κ1) is 17.4. The van der Waals surface area contributed by atoms with Gasteiger partial charge < -0.3 is 5.32 Å². The van der Waals surface area contributed by atoms with Crippen molar-refractivity contribution < 1.29 is 4.79 Å². The molecule has 0 atom stereocenters. The maximum absolute atomic E-state index is 12.6. The number of aromatic nitrogens is 3. The zero-order valence-electron chi connectivity index (χ0n) is 15.1. The van der Waals surface area contributed by atoms with E-state index in [4.69, 9.17) is 0 Å². The Morgan fingerprint density at radius 2 is 1.67 bits per heavy atom. The molecular formula is C21H22N4O2. The molecule has 1 aliphatic carbocycles. The molecule has 1 aromatic heterocycles. The summed E-state index contributed by atoms with van der Waals surface area (Å²) in [4.78, 5) is 25.1. The first-order valence-electron chi connectivity index (χ1n) is 9.48. The largest absolute Gasteiger partial charge is 0.349 e. The van der Waals surface area contributed by atoms with Crippen LogP contribution in [0, 0.1) is 0 Å². The fourth-order valence-corrected chi connectivity index (χ4v) is 3.60. The Morgan fingerprint density at radius 3 is 2.41 bits per heavy atom. The van der Waals surface area contributed by atoms with Gasteiger partial charge in [-0.25, -0.2) is 0 Å². The molecule has 6 nitrogen and oxygen atoms in total. The normalized spacial score (nSPS) is 15.4. The summed E-state index contributed by atoms with van der Waals surface area (Å²) in [5.74, 6) is -0.0645. The van der Waals surface area contributed by atoms with Gasteiger partial charge in [-0.15, -0.1) is 5.10 Å². The third-order valence-electron chi connectivity index (χ3n) is 5.13. The van der Waals surface area contributed by atoms with Crippen LogP contribution in [0.2, 0.25) is 0 Å². The maximum atomic E-state index is 12.6. The van der Waals surface area contributed by atoms with Crippen LogP contribution in [0.1, 0.15) is 48.9 Å². The van der Waals surface area contributed by atoms with E-state index in [0.29, 0.717) is 22.2 Å². The fraction of sp³-hybridized carbons (Fsp3) is 0.333. The van der Waals surface area contributed by atoms with Gasteiger partial charge in [0.1, 0.15) is 5.52 Å². The molecule has 0 aliphatic heterocycles. The highest BCUT2D eigenvalue weighted by Gasteiger charge is 2.16. The summed E-state index contributed by atoms with van der Waals surface area (Å²) in [6, 6.07) is 14.3. The minimum absolute atomic E-state index is 0.0645. The van der Waals surface area contributed by atoms with Gasteiger partial charge in [0.25, 0.3) is 11.5 Å². The third kappa shape index (κ3) is 3.74. The summed E-state index contributed by atoms with van der Waals surface area (Å²) in [7, 11) is 0. The minimum Gasteiger partial charge on any atom is -0.349 e. The zero-order chi connectivity index (χ0) is 18.6. The van der Waals surface area contributed by atoms with Crippen molar-refractivity contribution in [2.45, 2.75) is 44.6 Å². The number of carbonyl (C=O) groups is 1. The Bertz CT molecular complexity index is 1000. The average molecular weight is 362 g/mol. The van der Waals surface area contributed by atoms with Gasteiger partial charge in [0, 0.05) is 11.6 Å². The molecule has 0 saturated heterocycles. The smallest absolute Gasteiger partial charge is 0.282 e. The highest BCUT2D eigenvalue weighted by Crippen LogP contribution is 2.18. The van der Waals surface area contributed by atoms with E-state index in [1.54, 1.807) is 42.5 Å². The van der Waals surface area contributed by atoms with E-state index in [1.807, 2.05) is 6.07 Å². The summed E-state index contributed by atoms with van der Waals surface area (Å²) in [6.07, 6.45) is 6.95. The SMILES string of the molecule is O=C(NC1CCCCCC1)c1ccc(-n2nnc3ccccc3c2=O)cc1. The van der Waals surface area contributed by atoms with Crippen molar-refractivity contribution in [2.75, 3.05) is 0 Å². The van der Waals surface area contributed by atoms with Crippen LogP contribution in [0.4, 0.5) is 0 Å². The monoisotopic (exact) mass is 362 g/mol. The number of hydrogen-bond donors (Lipinski definition) is 1. The molecule has 4 rings (SSSR count). The molecule has 1 amide bonds. The summed E-state index contributed by atoms with van der Waals surface area (Å²) in [5.41, 5.74) is 1.52. The van der Waals surface area contributed by atoms with Crippen LogP contribution < -0.4 is 10.9 Å². The van der Waals surface area contributed by atoms with Crippen molar-refractivity contribution >= 4 is 16.8 Å². The second kappa shape index (κ2) is 7.70. The van der Waals surface area contributed by atoms with Gasteiger partial charge in [-0.1, -0.05) is 43.0 Å². The fourth-order valence-electron chi connectivity index (χ4n) is 3.60. The second-order valence-electron chi connectivity index (χ2n) is 7.03. The Labute approximate surface area is 157 Å². The van der Waals surface area contributed by atoms with E-state index in [-0.39, 0.29) is 17.5 Å². The van der Waals surface area contributed by atoms with Gasteiger partial charge >= 0.3 is 0 Å². The van der Waals surface area contributed by atoms with Gasteiger partial charge in [0.05, 0.1) is 11.1 Å². The van der Waals surface area contributed by atoms with E-state index in [9.17, 15) is 9.59 Å². The molecule has 3 aromatic rings. The van der Waals surface area contributed by atoms with E-state index >= 15 is 0 Å². The Hall–Kier alpha value is -3.02. The molecule has 1 saturated carbocycles. The van der Waals surface area contributed by atoms with Crippen molar-refractivity contribution in [3.63, 3.8) is 0 Å². The van der Waals surface area contributed by atoms with Gasteiger partial charge in [-0.05, 0) is 49.2 Å². The number of amides is 1. The first-order valence-corrected chi connectivity index (χ1v) is 9.48.